The first-order chi connectivity index (χ1) is 9.04. The van der Waals surface area contributed by atoms with E-state index in [0.717, 1.165) is 36.9 Å². The number of hydrogen-bond donors (Lipinski definition) is 1. The van der Waals surface area contributed by atoms with E-state index in [-0.39, 0.29) is 0 Å². The molecule has 1 saturated heterocycles. The van der Waals surface area contributed by atoms with Crippen molar-refractivity contribution in [1.29, 1.82) is 0 Å². The van der Waals surface area contributed by atoms with Gasteiger partial charge in [-0.05, 0) is 49.4 Å². The summed E-state index contributed by atoms with van der Waals surface area (Å²) in [7, 11) is 0. The summed E-state index contributed by atoms with van der Waals surface area (Å²) in [6, 6.07) is 6.42. The lowest BCUT2D eigenvalue weighted by atomic mass is 9.94. The number of carboxylic acid groups (broad SMARTS) is 1. The molecule has 1 unspecified atom stereocenters. The molecule has 1 fully saturated rings. The molecule has 0 bridgehead atoms. The fourth-order valence-electron chi connectivity index (χ4n) is 2.77. The van der Waals surface area contributed by atoms with Crippen LogP contribution in [0.1, 0.15) is 30.4 Å². The summed E-state index contributed by atoms with van der Waals surface area (Å²) in [5.74, 6) is -0.367. The van der Waals surface area contributed by atoms with Gasteiger partial charge >= 0.3 is 5.97 Å². The number of nitrogens with zero attached hydrogens (tertiary/aromatic N) is 1. The quantitative estimate of drug-likeness (QED) is 0.921. The summed E-state index contributed by atoms with van der Waals surface area (Å²) in [5.41, 5.74) is 2.55. The Bertz CT molecular complexity index is 461. The number of halogens is 1. The highest BCUT2D eigenvalue weighted by Gasteiger charge is 2.21. The van der Waals surface area contributed by atoms with Crippen LogP contribution < -0.4 is 0 Å². The smallest absolute Gasteiger partial charge is 0.303 e. The molecule has 4 heteroatoms. The Morgan fingerprint density at radius 1 is 1.53 bits per heavy atom. The molecular weight excluding hydrogens is 306 g/mol. The normalized spacial score (nSPS) is 20.4. The Hall–Kier alpha value is -0.870. The van der Waals surface area contributed by atoms with Gasteiger partial charge < -0.3 is 5.11 Å². The first kappa shape index (κ1) is 14.5. The van der Waals surface area contributed by atoms with Gasteiger partial charge in [-0.3, -0.25) is 9.69 Å². The van der Waals surface area contributed by atoms with Crippen LogP contribution in [0.2, 0.25) is 0 Å². The van der Waals surface area contributed by atoms with Crippen LogP contribution in [0.25, 0.3) is 0 Å². The fraction of sp³-hybridized carbons (Fsp3) is 0.533. The van der Waals surface area contributed by atoms with Crippen molar-refractivity contribution in [1.82, 2.24) is 4.90 Å². The molecule has 1 aromatic rings. The molecule has 1 heterocycles. The Balaban J connectivity index is 1.94. The highest BCUT2D eigenvalue weighted by molar-refractivity contribution is 9.10. The fourth-order valence-corrected chi connectivity index (χ4v) is 3.02. The predicted octanol–water partition coefficient (Wildman–Crippen LogP) is 3.44. The highest BCUT2D eigenvalue weighted by Crippen LogP contribution is 2.23. The second-order valence-corrected chi connectivity index (χ2v) is 6.28. The van der Waals surface area contributed by atoms with Gasteiger partial charge in [0.2, 0.25) is 0 Å². The van der Waals surface area contributed by atoms with E-state index in [1.165, 1.54) is 11.1 Å². The van der Waals surface area contributed by atoms with Crippen molar-refractivity contribution in [2.45, 2.75) is 32.7 Å². The van der Waals surface area contributed by atoms with Crippen molar-refractivity contribution in [2.75, 3.05) is 13.1 Å². The second kappa shape index (κ2) is 6.53. The van der Waals surface area contributed by atoms with E-state index in [1.54, 1.807) is 0 Å². The lowest BCUT2D eigenvalue weighted by Gasteiger charge is -2.32. The van der Waals surface area contributed by atoms with Crippen LogP contribution in [0, 0.1) is 12.8 Å². The summed E-state index contributed by atoms with van der Waals surface area (Å²) in [6.07, 6.45) is 2.45. The molecule has 0 amide bonds. The van der Waals surface area contributed by atoms with Gasteiger partial charge in [-0.15, -0.1) is 0 Å². The maximum Gasteiger partial charge on any atom is 0.303 e. The van der Waals surface area contributed by atoms with Gasteiger partial charge in [-0.25, -0.2) is 0 Å². The zero-order chi connectivity index (χ0) is 13.8. The largest absolute Gasteiger partial charge is 0.481 e. The van der Waals surface area contributed by atoms with Crippen LogP contribution >= 0.6 is 15.9 Å². The first-order valence-electron chi connectivity index (χ1n) is 6.74. The topological polar surface area (TPSA) is 40.5 Å². The van der Waals surface area contributed by atoms with E-state index in [1.807, 2.05) is 0 Å². The van der Waals surface area contributed by atoms with Gasteiger partial charge in [-0.2, -0.15) is 0 Å². The zero-order valence-electron chi connectivity index (χ0n) is 11.2. The molecule has 19 heavy (non-hydrogen) atoms. The van der Waals surface area contributed by atoms with Crippen LogP contribution in [0.4, 0.5) is 0 Å². The molecule has 1 atom stereocenters. The van der Waals surface area contributed by atoms with Crippen LogP contribution in [-0.4, -0.2) is 29.1 Å². The standard InChI is InChI=1S/C15H20BrNO2/c1-11-7-13(4-5-14(11)16)10-17-6-2-3-12(9-17)8-15(18)19/h4-5,7,12H,2-3,6,8-10H2,1H3,(H,18,19). The summed E-state index contributed by atoms with van der Waals surface area (Å²) < 4.78 is 1.14. The number of likely N-dealkylation sites (tertiary alicyclic amines) is 1. The third-order valence-corrected chi connectivity index (χ3v) is 4.58. The van der Waals surface area contributed by atoms with Crippen LogP contribution in [0.15, 0.2) is 22.7 Å². The maximum atomic E-state index is 10.8. The molecule has 3 nitrogen and oxygen atoms in total. The lowest BCUT2D eigenvalue weighted by Crippen LogP contribution is -2.35. The highest BCUT2D eigenvalue weighted by atomic mass is 79.9. The molecule has 1 aliphatic rings. The number of carboxylic acids is 1. The van der Waals surface area contributed by atoms with Gasteiger partial charge in [0.25, 0.3) is 0 Å². The molecule has 0 aliphatic carbocycles. The Labute approximate surface area is 122 Å². The van der Waals surface area contributed by atoms with E-state index in [2.05, 4.69) is 46.0 Å². The van der Waals surface area contributed by atoms with E-state index in [9.17, 15) is 4.79 Å². The van der Waals surface area contributed by atoms with Crippen molar-refractivity contribution < 1.29 is 9.90 Å². The predicted molar refractivity (Wildman–Crippen MR) is 79.1 cm³/mol. The van der Waals surface area contributed by atoms with Gasteiger partial charge in [0.05, 0.1) is 0 Å². The van der Waals surface area contributed by atoms with E-state index in [0.29, 0.717) is 12.3 Å². The van der Waals surface area contributed by atoms with Crippen LogP contribution in [0.3, 0.4) is 0 Å². The molecule has 2 rings (SSSR count). The summed E-state index contributed by atoms with van der Waals surface area (Å²) in [6.45, 7) is 4.99. The molecule has 0 radical (unpaired) electrons. The lowest BCUT2D eigenvalue weighted by molar-refractivity contribution is -0.138. The number of piperidine rings is 1. The number of rotatable bonds is 4. The number of benzene rings is 1. The van der Waals surface area contributed by atoms with Gasteiger partial charge in [-0.1, -0.05) is 28.1 Å². The van der Waals surface area contributed by atoms with Gasteiger partial charge in [0, 0.05) is 24.0 Å². The Kier molecular flexibility index (Phi) is 4.99. The third-order valence-electron chi connectivity index (χ3n) is 3.69. The van der Waals surface area contributed by atoms with Crippen molar-refractivity contribution >= 4 is 21.9 Å². The average molecular weight is 326 g/mol. The monoisotopic (exact) mass is 325 g/mol. The van der Waals surface area contributed by atoms with Gasteiger partial charge in [0.1, 0.15) is 0 Å². The maximum absolute atomic E-state index is 10.8. The number of aliphatic carboxylic acids is 1. The Morgan fingerprint density at radius 2 is 2.32 bits per heavy atom. The summed E-state index contributed by atoms with van der Waals surface area (Å²) >= 11 is 3.51. The number of carbonyl (C=O) groups is 1. The summed E-state index contributed by atoms with van der Waals surface area (Å²) in [5, 5.41) is 8.88. The van der Waals surface area contributed by atoms with Crippen molar-refractivity contribution in [3.63, 3.8) is 0 Å². The Morgan fingerprint density at radius 3 is 3.00 bits per heavy atom. The van der Waals surface area contributed by atoms with Crippen molar-refractivity contribution in [2.24, 2.45) is 5.92 Å². The molecule has 1 aliphatic heterocycles. The molecule has 104 valence electrons. The number of hydrogen-bond acceptors (Lipinski definition) is 2. The summed E-state index contributed by atoms with van der Waals surface area (Å²) in [4.78, 5) is 13.2. The molecule has 0 saturated carbocycles. The molecule has 1 aromatic carbocycles. The van der Waals surface area contributed by atoms with Crippen molar-refractivity contribution in [3.8, 4) is 0 Å². The minimum atomic E-state index is -0.675. The van der Waals surface area contributed by atoms with E-state index >= 15 is 0 Å². The van der Waals surface area contributed by atoms with Gasteiger partial charge in [0.15, 0.2) is 0 Å². The average Bonchev–Trinajstić information content (AvgIpc) is 2.33. The van der Waals surface area contributed by atoms with E-state index in [4.69, 9.17) is 5.11 Å². The first-order valence-corrected chi connectivity index (χ1v) is 7.53. The zero-order valence-corrected chi connectivity index (χ0v) is 12.8. The van der Waals surface area contributed by atoms with Crippen molar-refractivity contribution in [3.05, 3.63) is 33.8 Å². The minimum absolute atomic E-state index is 0.301. The third kappa shape index (κ3) is 4.32. The molecule has 0 spiro atoms. The van der Waals surface area contributed by atoms with Crippen LogP contribution in [-0.2, 0) is 11.3 Å². The molecule has 1 N–H and O–H groups in total. The molecule has 0 aromatic heterocycles. The van der Waals surface area contributed by atoms with E-state index < -0.39 is 5.97 Å². The number of aryl methyl sites for hydroxylation is 1. The van der Waals surface area contributed by atoms with Crippen LogP contribution in [0.5, 0.6) is 0 Å². The molecular formula is C15H20BrNO2. The second-order valence-electron chi connectivity index (χ2n) is 5.42. The minimum Gasteiger partial charge on any atom is -0.481 e. The SMILES string of the molecule is Cc1cc(CN2CCCC(CC(=O)O)C2)ccc1Br.